The van der Waals surface area contributed by atoms with E-state index >= 15 is 0 Å². The second-order valence-electron chi connectivity index (χ2n) is 7.57. The fourth-order valence-electron chi connectivity index (χ4n) is 4.43. The van der Waals surface area contributed by atoms with Crippen molar-refractivity contribution in [2.45, 2.75) is 12.8 Å². The van der Waals surface area contributed by atoms with Crippen molar-refractivity contribution in [2.24, 2.45) is 17.8 Å². The van der Waals surface area contributed by atoms with E-state index in [1.54, 1.807) is 4.90 Å². The molecule has 0 bridgehead atoms. The van der Waals surface area contributed by atoms with Crippen LogP contribution >= 0.6 is 0 Å². The van der Waals surface area contributed by atoms with Crippen molar-refractivity contribution >= 4 is 6.03 Å². The van der Waals surface area contributed by atoms with Crippen molar-refractivity contribution in [1.82, 2.24) is 19.6 Å². The summed E-state index contributed by atoms with van der Waals surface area (Å²) >= 11 is 0. The second kappa shape index (κ2) is 6.13. The first kappa shape index (κ1) is 15.1. The number of urea groups is 1. The van der Waals surface area contributed by atoms with E-state index < -0.39 is 0 Å². The van der Waals surface area contributed by atoms with Crippen LogP contribution in [-0.2, 0) is 0 Å². The normalized spacial score (nSPS) is 31.7. The standard InChI is InChI=1S/C16H30N4O/c1-17(2)16(21)20-6-4-13(5-7-20)8-19-11-14-9-18(3)10-15(14)12-19/h13-15H,4-12H2,1-3H3/t14-,15+. The van der Waals surface area contributed by atoms with E-state index in [-0.39, 0.29) is 6.03 Å². The van der Waals surface area contributed by atoms with E-state index in [0.717, 1.165) is 30.8 Å². The highest BCUT2D eigenvalue weighted by Crippen LogP contribution is 2.31. The van der Waals surface area contributed by atoms with E-state index in [2.05, 4.69) is 16.8 Å². The topological polar surface area (TPSA) is 30.0 Å². The largest absolute Gasteiger partial charge is 0.331 e. The van der Waals surface area contributed by atoms with Gasteiger partial charge in [0.05, 0.1) is 0 Å². The number of carbonyl (C=O) groups excluding carboxylic acids is 1. The minimum atomic E-state index is 0.173. The van der Waals surface area contributed by atoms with Crippen LogP contribution in [-0.4, -0.2) is 92.6 Å². The lowest BCUT2D eigenvalue weighted by atomic mass is 9.96. The average Bonchev–Trinajstić information content (AvgIpc) is 2.95. The van der Waals surface area contributed by atoms with Crippen LogP contribution in [0.3, 0.4) is 0 Å². The highest BCUT2D eigenvalue weighted by Gasteiger charge is 2.39. The molecule has 0 aromatic carbocycles. The molecule has 3 saturated heterocycles. The van der Waals surface area contributed by atoms with Gasteiger partial charge in [0.25, 0.3) is 0 Å². The number of rotatable bonds is 2. The lowest BCUT2D eigenvalue weighted by molar-refractivity contribution is 0.134. The minimum Gasteiger partial charge on any atom is -0.331 e. The summed E-state index contributed by atoms with van der Waals surface area (Å²) in [6.45, 7) is 8.29. The first-order valence-corrected chi connectivity index (χ1v) is 8.40. The Hall–Kier alpha value is -0.810. The van der Waals surface area contributed by atoms with Crippen LogP contribution in [0.5, 0.6) is 0 Å². The molecule has 0 N–H and O–H groups in total. The SMILES string of the molecule is CN1C[C@@H]2CN(CC3CCN(C(=O)N(C)C)CC3)C[C@@H]2C1. The van der Waals surface area contributed by atoms with Gasteiger partial charge in [-0.25, -0.2) is 4.79 Å². The molecule has 0 aliphatic carbocycles. The lowest BCUT2D eigenvalue weighted by Crippen LogP contribution is -2.45. The predicted octanol–water partition coefficient (Wildman–Crippen LogP) is 0.873. The monoisotopic (exact) mass is 294 g/mol. The molecule has 0 unspecified atom stereocenters. The van der Waals surface area contributed by atoms with Gasteiger partial charge in [-0.1, -0.05) is 0 Å². The van der Waals surface area contributed by atoms with Gasteiger partial charge >= 0.3 is 6.03 Å². The molecule has 120 valence electrons. The lowest BCUT2D eigenvalue weighted by Gasteiger charge is -2.35. The molecule has 3 fully saturated rings. The van der Waals surface area contributed by atoms with Gasteiger partial charge in [0.15, 0.2) is 0 Å². The van der Waals surface area contributed by atoms with Crippen molar-refractivity contribution in [1.29, 1.82) is 0 Å². The van der Waals surface area contributed by atoms with Crippen LogP contribution < -0.4 is 0 Å². The predicted molar refractivity (Wildman–Crippen MR) is 84.3 cm³/mol. The Labute approximate surface area is 128 Å². The fourth-order valence-corrected chi connectivity index (χ4v) is 4.43. The van der Waals surface area contributed by atoms with Crippen LogP contribution in [0, 0.1) is 17.8 Å². The van der Waals surface area contributed by atoms with Crippen molar-refractivity contribution in [3.8, 4) is 0 Å². The van der Waals surface area contributed by atoms with Crippen molar-refractivity contribution in [2.75, 3.05) is 67.0 Å². The van der Waals surface area contributed by atoms with Gasteiger partial charge in [-0.3, -0.25) is 0 Å². The quantitative estimate of drug-likeness (QED) is 0.757. The highest BCUT2D eigenvalue weighted by molar-refractivity contribution is 5.73. The Morgan fingerprint density at radius 3 is 2.14 bits per heavy atom. The molecule has 21 heavy (non-hydrogen) atoms. The minimum absolute atomic E-state index is 0.173. The molecule has 0 saturated carbocycles. The number of nitrogens with zero attached hydrogens (tertiary/aromatic N) is 4. The summed E-state index contributed by atoms with van der Waals surface area (Å²) in [5, 5.41) is 0. The van der Waals surface area contributed by atoms with Gasteiger partial charge in [0.2, 0.25) is 0 Å². The Morgan fingerprint density at radius 1 is 1.05 bits per heavy atom. The van der Waals surface area contributed by atoms with E-state index in [1.807, 2.05) is 19.0 Å². The number of hydrogen-bond acceptors (Lipinski definition) is 3. The zero-order valence-corrected chi connectivity index (χ0v) is 13.8. The van der Waals surface area contributed by atoms with Gasteiger partial charge in [-0.2, -0.15) is 0 Å². The first-order valence-electron chi connectivity index (χ1n) is 8.40. The molecular formula is C16H30N4O. The summed E-state index contributed by atoms with van der Waals surface area (Å²) in [6, 6.07) is 0.173. The zero-order valence-electron chi connectivity index (χ0n) is 13.8. The van der Waals surface area contributed by atoms with Gasteiger partial charge in [-0.15, -0.1) is 0 Å². The molecular weight excluding hydrogens is 264 g/mol. The maximum atomic E-state index is 11.9. The highest BCUT2D eigenvalue weighted by atomic mass is 16.2. The molecule has 3 rings (SSSR count). The molecule has 0 spiro atoms. The first-order chi connectivity index (χ1) is 10.0. The smallest absolute Gasteiger partial charge is 0.319 e. The van der Waals surface area contributed by atoms with Gasteiger partial charge in [0, 0.05) is 59.9 Å². The van der Waals surface area contributed by atoms with E-state index in [1.165, 1.54) is 45.6 Å². The molecule has 3 aliphatic heterocycles. The van der Waals surface area contributed by atoms with Crippen molar-refractivity contribution < 1.29 is 4.79 Å². The third kappa shape index (κ3) is 3.34. The number of hydrogen-bond donors (Lipinski definition) is 0. The van der Waals surface area contributed by atoms with Crippen LogP contribution in [0.1, 0.15) is 12.8 Å². The summed E-state index contributed by atoms with van der Waals surface area (Å²) in [5.41, 5.74) is 0. The summed E-state index contributed by atoms with van der Waals surface area (Å²) in [7, 11) is 5.93. The summed E-state index contributed by atoms with van der Waals surface area (Å²) in [4.78, 5) is 20.8. The maximum absolute atomic E-state index is 11.9. The van der Waals surface area contributed by atoms with Gasteiger partial charge in [-0.05, 0) is 37.6 Å². The summed E-state index contributed by atoms with van der Waals surface area (Å²) < 4.78 is 0. The van der Waals surface area contributed by atoms with Crippen molar-refractivity contribution in [3.05, 3.63) is 0 Å². The Bertz CT molecular complexity index is 364. The third-order valence-corrected chi connectivity index (χ3v) is 5.53. The molecule has 0 radical (unpaired) electrons. The van der Waals surface area contributed by atoms with Crippen LogP contribution in [0.15, 0.2) is 0 Å². The molecule has 0 aromatic heterocycles. The fraction of sp³-hybridized carbons (Fsp3) is 0.938. The summed E-state index contributed by atoms with van der Waals surface area (Å²) in [5.74, 6) is 2.60. The Balaban J connectivity index is 1.41. The van der Waals surface area contributed by atoms with E-state index in [9.17, 15) is 4.79 Å². The number of piperidine rings is 1. The van der Waals surface area contributed by atoms with Crippen LogP contribution in [0.25, 0.3) is 0 Å². The Kier molecular flexibility index (Phi) is 4.41. The number of carbonyl (C=O) groups is 1. The molecule has 2 amide bonds. The number of amides is 2. The molecule has 3 heterocycles. The second-order valence-corrected chi connectivity index (χ2v) is 7.57. The van der Waals surface area contributed by atoms with E-state index in [0.29, 0.717) is 0 Å². The maximum Gasteiger partial charge on any atom is 0.319 e. The van der Waals surface area contributed by atoms with Gasteiger partial charge in [0.1, 0.15) is 0 Å². The average molecular weight is 294 g/mol. The zero-order chi connectivity index (χ0) is 15.0. The molecule has 2 atom stereocenters. The molecule has 5 heteroatoms. The van der Waals surface area contributed by atoms with E-state index in [4.69, 9.17) is 0 Å². The van der Waals surface area contributed by atoms with Gasteiger partial charge < -0.3 is 19.6 Å². The number of fused-ring (bicyclic) bond motifs is 1. The molecule has 5 nitrogen and oxygen atoms in total. The van der Waals surface area contributed by atoms with Crippen LogP contribution in [0.4, 0.5) is 4.79 Å². The third-order valence-electron chi connectivity index (χ3n) is 5.53. The van der Waals surface area contributed by atoms with Crippen molar-refractivity contribution in [3.63, 3.8) is 0 Å². The molecule has 3 aliphatic rings. The number of likely N-dealkylation sites (tertiary alicyclic amines) is 3. The van der Waals surface area contributed by atoms with Crippen LogP contribution in [0.2, 0.25) is 0 Å². The molecule has 0 aromatic rings. The summed E-state index contributed by atoms with van der Waals surface area (Å²) in [6.07, 6.45) is 2.34. The Morgan fingerprint density at radius 2 is 1.62 bits per heavy atom.